The zero-order valence-electron chi connectivity index (χ0n) is 7.89. The smallest absolute Gasteiger partial charge is 0.0317 e. The number of benzene rings is 1. The third kappa shape index (κ3) is 1.67. The average molecular weight is 161 g/mol. The molecule has 1 heteroatoms. The molecule has 0 heterocycles. The fraction of sp³-hybridized carbons (Fsp3) is 0.273. The van der Waals surface area contributed by atoms with Gasteiger partial charge in [0.05, 0.1) is 0 Å². The van der Waals surface area contributed by atoms with Crippen molar-refractivity contribution in [2.24, 2.45) is 0 Å². The lowest BCUT2D eigenvalue weighted by Gasteiger charge is -2.05. The minimum Gasteiger partial charge on any atom is -0.399 e. The Hall–Kier alpha value is -1.24. The molecule has 0 aliphatic heterocycles. The van der Waals surface area contributed by atoms with Crippen molar-refractivity contribution in [1.29, 1.82) is 0 Å². The number of nitrogens with two attached hydrogens (primary N) is 1. The lowest BCUT2D eigenvalue weighted by Crippen LogP contribution is -1.89. The van der Waals surface area contributed by atoms with Crippen molar-refractivity contribution in [3.8, 4) is 0 Å². The Balaban J connectivity index is 3.18. The molecule has 0 atom stereocenters. The number of hydrogen-bond acceptors (Lipinski definition) is 1. The highest BCUT2D eigenvalue weighted by atomic mass is 14.5. The molecular weight excluding hydrogens is 146 g/mol. The Morgan fingerprint density at radius 3 is 2.58 bits per heavy atom. The molecule has 0 saturated heterocycles. The van der Waals surface area contributed by atoms with E-state index >= 15 is 0 Å². The number of anilines is 1. The highest BCUT2D eigenvalue weighted by Gasteiger charge is 1.98. The molecule has 0 amide bonds. The molecule has 0 aliphatic carbocycles. The van der Waals surface area contributed by atoms with Crippen molar-refractivity contribution >= 4 is 11.3 Å². The molecule has 1 rings (SSSR count). The fourth-order valence-electron chi connectivity index (χ4n) is 1.28. The molecule has 0 radical (unpaired) electrons. The summed E-state index contributed by atoms with van der Waals surface area (Å²) in [7, 11) is 0. The van der Waals surface area contributed by atoms with E-state index in [1.165, 1.54) is 16.7 Å². The Kier molecular flexibility index (Phi) is 2.54. The van der Waals surface area contributed by atoms with Crippen LogP contribution in [-0.2, 0) is 0 Å². The van der Waals surface area contributed by atoms with Gasteiger partial charge in [0.15, 0.2) is 0 Å². The van der Waals surface area contributed by atoms with Gasteiger partial charge in [-0.2, -0.15) is 0 Å². The second kappa shape index (κ2) is 3.44. The van der Waals surface area contributed by atoms with Crippen LogP contribution >= 0.6 is 0 Å². The second-order valence-electron chi connectivity index (χ2n) is 3.05. The van der Waals surface area contributed by atoms with Gasteiger partial charge in [-0.05, 0) is 49.6 Å². The van der Waals surface area contributed by atoms with Crippen molar-refractivity contribution in [3.63, 3.8) is 0 Å². The summed E-state index contributed by atoms with van der Waals surface area (Å²) in [5, 5.41) is 0. The molecule has 1 nitrogen and oxygen atoms in total. The lowest BCUT2D eigenvalue weighted by molar-refractivity contribution is 1.40. The number of hydrogen-bond donors (Lipinski definition) is 1. The highest BCUT2D eigenvalue weighted by molar-refractivity contribution is 5.68. The molecule has 0 aromatic heterocycles. The van der Waals surface area contributed by atoms with E-state index in [-0.39, 0.29) is 0 Å². The van der Waals surface area contributed by atoms with E-state index in [0.29, 0.717) is 0 Å². The Labute approximate surface area is 73.9 Å². The van der Waals surface area contributed by atoms with Crippen LogP contribution in [0, 0.1) is 6.92 Å². The van der Waals surface area contributed by atoms with E-state index in [1.54, 1.807) is 0 Å². The van der Waals surface area contributed by atoms with Gasteiger partial charge in [0, 0.05) is 5.69 Å². The predicted molar refractivity (Wildman–Crippen MR) is 54.9 cm³/mol. The maximum Gasteiger partial charge on any atom is 0.0317 e. The molecule has 0 fully saturated rings. The molecule has 2 N–H and O–H groups in total. The normalized spacial score (nSPS) is 11.8. The Bertz CT molecular complexity index is 311. The number of allylic oxidation sites excluding steroid dienone is 2. The van der Waals surface area contributed by atoms with Crippen LogP contribution in [0.15, 0.2) is 24.3 Å². The molecular formula is C11H15N. The summed E-state index contributed by atoms with van der Waals surface area (Å²) in [6, 6.07) is 6.01. The topological polar surface area (TPSA) is 26.0 Å². The van der Waals surface area contributed by atoms with E-state index in [4.69, 9.17) is 5.73 Å². The van der Waals surface area contributed by atoms with Crippen LogP contribution in [-0.4, -0.2) is 0 Å². The largest absolute Gasteiger partial charge is 0.399 e. The summed E-state index contributed by atoms with van der Waals surface area (Å²) in [5.74, 6) is 0. The van der Waals surface area contributed by atoms with Gasteiger partial charge in [0.2, 0.25) is 0 Å². The van der Waals surface area contributed by atoms with Crippen molar-refractivity contribution < 1.29 is 0 Å². The number of rotatable bonds is 1. The summed E-state index contributed by atoms with van der Waals surface area (Å²) >= 11 is 0. The summed E-state index contributed by atoms with van der Waals surface area (Å²) in [6.45, 7) is 6.24. The van der Waals surface area contributed by atoms with Gasteiger partial charge in [-0.3, -0.25) is 0 Å². The van der Waals surface area contributed by atoms with Crippen LogP contribution in [0.4, 0.5) is 5.69 Å². The summed E-state index contributed by atoms with van der Waals surface area (Å²) in [4.78, 5) is 0. The first-order chi connectivity index (χ1) is 5.65. The van der Waals surface area contributed by atoms with Gasteiger partial charge in [0.25, 0.3) is 0 Å². The first-order valence-electron chi connectivity index (χ1n) is 4.14. The molecule has 0 saturated carbocycles. The minimum absolute atomic E-state index is 0.833. The quantitative estimate of drug-likeness (QED) is 0.629. The SMILES string of the molecule is C/C=C(/C)c1ccc(N)cc1C. The molecule has 1 aromatic rings. The molecule has 64 valence electrons. The van der Waals surface area contributed by atoms with E-state index in [1.807, 2.05) is 19.1 Å². The first-order valence-corrected chi connectivity index (χ1v) is 4.14. The standard InChI is InChI=1S/C11H15N/c1-4-8(2)11-6-5-10(12)7-9(11)3/h4-7H,12H2,1-3H3/b8-4-. The lowest BCUT2D eigenvalue weighted by atomic mass is 10.0. The number of aryl methyl sites for hydroxylation is 1. The highest BCUT2D eigenvalue weighted by Crippen LogP contribution is 2.20. The van der Waals surface area contributed by atoms with Crippen molar-refractivity contribution in [3.05, 3.63) is 35.4 Å². The van der Waals surface area contributed by atoms with Crippen molar-refractivity contribution in [1.82, 2.24) is 0 Å². The minimum atomic E-state index is 0.833. The first kappa shape index (κ1) is 8.85. The van der Waals surface area contributed by atoms with Gasteiger partial charge in [-0.25, -0.2) is 0 Å². The maximum atomic E-state index is 5.65. The van der Waals surface area contributed by atoms with Crippen LogP contribution in [0.1, 0.15) is 25.0 Å². The van der Waals surface area contributed by atoms with E-state index in [9.17, 15) is 0 Å². The summed E-state index contributed by atoms with van der Waals surface area (Å²) < 4.78 is 0. The third-order valence-corrected chi connectivity index (χ3v) is 2.11. The van der Waals surface area contributed by atoms with Gasteiger partial charge in [0.1, 0.15) is 0 Å². The van der Waals surface area contributed by atoms with E-state index < -0.39 is 0 Å². The molecule has 0 spiro atoms. The predicted octanol–water partition coefficient (Wildman–Crippen LogP) is 3.00. The molecule has 0 aliphatic rings. The third-order valence-electron chi connectivity index (χ3n) is 2.11. The van der Waals surface area contributed by atoms with Crippen molar-refractivity contribution in [2.45, 2.75) is 20.8 Å². The Morgan fingerprint density at radius 2 is 2.08 bits per heavy atom. The van der Waals surface area contributed by atoms with E-state index in [0.717, 1.165) is 5.69 Å². The Morgan fingerprint density at radius 1 is 1.42 bits per heavy atom. The monoisotopic (exact) mass is 161 g/mol. The fourth-order valence-corrected chi connectivity index (χ4v) is 1.28. The molecule has 12 heavy (non-hydrogen) atoms. The molecule has 1 aromatic carbocycles. The van der Waals surface area contributed by atoms with Gasteiger partial charge in [-0.15, -0.1) is 0 Å². The van der Waals surface area contributed by atoms with E-state index in [2.05, 4.69) is 26.0 Å². The van der Waals surface area contributed by atoms with Crippen LogP contribution in [0.25, 0.3) is 5.57 Å². The van der Waals surface area contributed by atoms with Gasteiger partial charge < -0.3 is 5.73 Å². The number of nitrogen functional groups attached to an aromatic ring is 1. The zero-order chi connectivity index (χ0) is 9.14. The molecule has 0 unspecified atom stereocenters. The maximum absolute atomic E-state index is 5.65. The molecule has 0 bridgehead atoms. The van der Waals surface area contributed by atoms with Crippen LogP contribution in [0.3, 0.4) is 0 Å². The van der Waals surface area contributed by atoms with Crippen molar-refractivity contribution in [2.75, 3.05) is 5.73 Å². The van der Waals surface area contributed by atoms with Gasteiger partial charge >= 0.3 is 0 Å². The second-order valence-corrected chi connectivity index (χ2v) is 3.05. The zero-order valence-corrected chi connectivity index (χ0v) is 7.89. The average Bonchev–Trinajstić information content (AvgIpc) is 2.03. The summed E-state index contributed by atoms with van der Waals surface area (Å²) in [6.07, 6.45) is 2.11. The summed E-state index contributed by atoms with van der Waals surface area (Å²) in [5.41, 5.74) is 10.3. The van der Waals surface area contributed by atoms with Gasteiger partial charge in [-0.1, -0.05) is 12.1 Å². The van der Waals surface area contributed by atoms with Crippen LogP contribution in [0.5, 0.6) is 0 Å². The van der Waals surface area contributed by atoms with Crippen LogP contribution < -0.4 is 5.73 Å². The van der Waals surface area contributed by atoms with Crippen LogP contribution in [0.2, 0.25) is 0 Å².